The maximum absolute atomic E-state index is 13.4. The molecule has 1 atom stereocenters. The van der Waals surface area contributed by atoms with E-state index >= 15 is 0 Å². The van der Waals surface area contributed by atoms with E-state index in [9.17, 15) is 14.0 Å². The predicted octanol–water partition coefficient (Wildman–Crippen LogP) is 4.44. The van der Waals surface area contributed by atoms with E-state index in [-0.39, 0.29) is 12.2 Å². The topological polar surface area (TPSA) is 55.4 Å². The first-order chi connectivity index (χ1) is 12.0. The number of esters is 1. The number of nitrogens with one attached hydrogen (secondary N) is 1. The summed E-state index contributed by atoms with van der Waals surface area (Å²) >= 11 is 1.42. The van der Waals surface area contributed by atoms with Gasteiger partial charge in [-0.15, -0.1) is 11.3 Å². The second-order valence-corrected chi connectivity index (χ2v) is 7.35. The molecule has 1 heterocycles. The van der Waals surface area contributed by atoms with Crippen LogP contribution in [0.3, 0.4) is 0 Å². The molecule has 6 heteroatoms. The van der Waals surface area contributed by atoms with Gasteiger partial charge in [0.1, 0.15) is 10.8 Å². The zero-order valence-corrected chi connectivity index (χ0v) is 15.0. The summed E-state index contributed by atoms with van der Waals surface area (Å²) in [5.74, 6) is -0.772. The van der Waals surface area contributed by atoms with Crippen molar-refractivity contribution in [3.8, 4) is 0 Å². The van der Waals surface area contributed by atoms with Crippen LogP contribution in [0.25, 0.3) is 0 Å². The number of hydrogen-bond acceptors (Lipinski definition) is 4. The monoisotopic (exact) mass is 361 g/mol. The number of hydrogen-bond donors (Lipinski definition) is 1. The fourth-order valence-electron chi connectivity index (χ4n) is 3.06. The van der Waals surface area contributed by atoms with E-state index < -0.39 is 17.7 Å². The van der Waals surface area contributed by atoms with E-state index in [1.54, 1.807) is 6.92 Å². The van der Waals surface area contributed by atoms with Gasteiger partial charge in [-0.3, -0.25) is 4.79 Å². The second-order valence-electron chi connectivity index (χ2n) is 6.24. The van der Waals surface area contributed by atoms with Crippen LogP contribution in [0, 0.1) is 11.7 Å². The lowest BCUT2D eigenvalue weighted by molar-refractivity contribution is 0.0526. The van der Waals surface area contributed by atoms with Gasteiger partial charge in [0, 0.05) is 10.4 Å². The van der Waals surface area contributed by atoms with Crippen molar-refractivity contribution in [2.75, 3.05) is 11.9 Å². The summed E-state index contributed by atoms with van der Waals surface area (Å²) in [6, 6.07) is 5.48. The molecule has 0 fully saturated rings. The van der Waals surface area contributed by atoms with E-state index in [1.807, 2.05) is 0 Å². The fourth-order valence-corrected chi connectivity index (χ4v) is 4.46. The molecule has 0 aliphatic heterocycles. The van der Waals surface area contributed by atoms with Crippen molar-refractivity contribution < 1.29 is 18.7 Å². The number of anilines is 1. The molecular weight excluding hydrogens is 341 g/mol. The Morgan fingerprint density at radius 2 is 2.20 bits per heavy atom. The van der Waals surface area contributed by atoms with Gasteiger partial charge >= 0.3 is 5.97 Å². The third kappa shape index (κ3) is 3.74. The number of amides is 1. The molecule has 132 valence electrons. The van der Waals surface area contributed by atoms with E-state index in [2.05, 4.69) is 12.2 Å². The van der Waals surface area contributed by atoms with Crippen molar-refractivity contribution in [1.29, 1.82) is 0 Å². The third-order valence-corrected chi connectivity index (χ3v) is 5.47. The lowest BCUT2D eigenvalue weighted by atomic mass is 9.88. The molecule has 25 heavy (non-hydrogen) atoms. The molecule has 4 nitrogen and oxygen atoms in total. The minimum absolute atomic E-state index is 0.217. The summed E-state index contributed by atoms with van der Waals surface area (Å²) < 4.78 is 18.5. The predicted molar refractivity (Wildman–Crippen MR) is 95.8 cm³/mol. The molecule has 3 rings (SSSR count). The molecule has 1 aliphatic rings. The van der Waals surface area contributed by atoms with E-state index in [0.717, 1.165) is 29.7 Å². The van der Waals surface area contributed by atoms with Crippen LogP contribution in [-0.4, -0.2) is 18.5 Å². The van der Waals surface area contributed by atoms with Crippen molar-refractivity contribution in [2.45, 2.75) is 33.1 Å². The first kappa shape index (κ1) is 17.6. The Hall–Kier alpha value is -2.21. The molecular formula is C19H20FNO3S. The average molecular weight is 361 g/mol. The summed E-state index contributed by atoms with van der Waals surface area (Å²) in [5.41, 5.74) is 1.66. The third-order valence-electron chi connectivity index (χ3n) is 4.31. The molecule has 0 spiro atoms. The molecule has 0 saturated carbocycles. The first-order valence-electron chi connectivity index (χ1n) is 8.38. The number of carbonyl (C=O) groups excluding carboxylic acids is 2. The summed E-state index contributed by atoms with van der Waals surface area (Å²) in [4.78, 5) is 26.0. The van der Waals surface area contributed by atoms with Gasteiger partial charge in [0.05, 0.1) is 12.2 Å². The maximum atomic E-state index is 13.4. The zero-order chi connectivity index (χ0) is 18.0. The fraction of sp³-hybridized carbons (Fsp3) is 0.368. The normalized spacial score (nSPS) is 16.2. The smallest absolute Gasteiger partial charge is 0.341 e. The zero-order valence-electron chi connectivity index (χ0n) is 14.2. The quantitative estimate of drug-likeness (QED) is 0.819. The van der Waals surface area contributed by atoms with Crippen molar-refractivity contribution in [3.05, 3.63) is 51.7 Å². The molecule has 1 aliphatic carbocycles. The van der Waals surface area contributed by atoms with Crippen LogP contribution in [0.5, 0.6) is 0 Å². The van der Waals surface area contributed by atoms with E-state index in [4.69, 9.17) is 4.74 Å². The summed E-state index contributed by atoms with van der Waals surface area (Å²) in [6.45, 7) is 4.21. The lowest BCUT2D eigenvalue weighted by Crippen LogP contribution is -2.16. The molecule has 2 aromatic rings. The molecule has 0 radical (unpaired) electrons. The molecule has 1 amide bonds. The van der Waals surface area contributed by atoms with Gasteiger partial charge in [0.15, 0.2) is 0 Å². The molecule has 0 saturated heterocycles. The van der Waals surface area contributed by atoms with Crippen molar-refractivity contribution in [2.24, 2.45) is 5.92 Å². The van der Waals surface area contributed by atoms with Crippen LogP contribution in [0.4, 0.5) is 9.39 Å². The van der Waals surface area contributed by atoms with Gasteiger partial charge in [-0.1, -0.05) is 13.0 Å². The van der Waals surface area contributed by atoms with Gasteiger partial charge in [0.25, 0.3) is 5.91 Å². The Labute approximate surface area is 150 Å². The highest BCUT2D eigenvalue weighted by Gasteiger charge is 2.29. The van der Waals surface area contributed by atoms with Gasteiger partial charge in [-0.2, -0.15) is 0 Å². The van der Waals surface area contributed by atoms with Crippen LogP contribution in [0.1, 0.15) is 51.4 Å². The Bertz CT molecular complexity index is 815. The largest absolute Gasteiger partial charge is 0.462 e. The van der Waals surface area contributed by atoms with Crippen LogP contribution < -0.4 is 5.32 Å². The number of benzene rings is 1. The first-order valence-corrected chi connectivity index (χ1v) is 9.19. The Morgan fingerprint density at radius 1 is 1.40 bits per heavy atom. The number of thiophene rings is 1. The molecule has 0 unspecified atom stereocenters. The molecule has 0 bridgehead atoms. The number of rotatable bonds is 4. The Balaban J connectivity index is 1.94. The van der Waals surface area contributed by atoms with E-state index in [0.29, 0.717) is 16.5 Å². The molecule has 1 aromatic heterocycles. The van der Waals surface area contributed by atoms with Crippen molar-refractivity contribution in [3.63, 3.8) is 0 Å². The highest BCUT2D eigenvalue weighted by atomic mass is 32.1. The minimum Gasteiger partial charge on any atom is -0.462 e. The highest BCUT2D eigenvalue weighted by Crippen LogP contribution is 2.40. The van der Waals surface area contributed by atoms with Gasteiger partial charge < -0.3 is 10.1 Å². The van der Waals surface area contributed by atoms with Crippen LogP contribution in [0.2, 0.25) is 0 Å². The van der Waals surface area contributed by atoms with Crippen LogP contribution >= 0.6 is 11.3 Å². The molecule has 1 aromatic carbocycles. The van der Waals surface area contributed by atoms with Crippen LogP contribution in [-0.2, 0) is 17.6 Å². The average Bonchev–Trinajstić information content (AvgIpc) is 2.91. The summed E-state index contributed by atoms with van der Waals surface area (Å²) in [5, 5.41) is 3.27. The summed E-state index contributed by atoms with van der Waals surface area (Å²) in [6.07, 6.45) is 2.70. The Kier molecular flexibility index (Phi) is 5.18. The molecule has 1 N–H and O–H groups in total. The minimum atomic E-state index is -0.474. The Morgan fingerprint density at radius 3 is 2.92 bits per heavy atom. The van der Waals surface area contributed by atoms with Crippen molar-refractivity contribution in [1.82, 2.24) is 0 Å². The number of carbonyl (C=O) groups is 2. The summed E-state index contributed by atoms with van der Waals surface area (Å²) in [7, 11) is 0. The highest BCUT2D eigenvalue weighted by molar-refractivity contribution is 7.17. The van der Waals surface area contributed by atoms with E-state index in [1.165, 1.54) is 35.6 Å². The number of ether oxygens (including phenoxy) is 1. The van der Waals surface area contributed by atoms with Gasteiger partial charge in [0.2, 0.25) is 0 Å². The lowest BCUT2D eigenvalue weighted by Gasteiger charge is -2.18. The SMILES string of the molecule is CCOC(=O)c1c(NC(=O)c2cccc(F)c2)sc2c1CC[C@@H](C)C2. The standard InChI is InChI=1S/C19H20FNO3S/c1-3-24-19(23)16-14-8-7-11(2)9-15(14)25-18(16)21-17(22)12-5-4-6-13(20)10-12/h4-6,10-11H,3,7-9H2,1-2H3,(H,21,22)/t11-/m1/s1. The van der Waals surface area contributed by atoms with Gasteiger partial charge in [-0.05, 0) is 55.9 Å². The maximum Gasteiger partial charge on any atom is 0.341 e. The van der Waals surface area contributed by atoms with Crippen molar-refractivity contribution >= 4 is 28.2 Å². The number of halogens is 1. The second kappa shape index (κ2) is 7.35. The number of fused-ring (bicyclic) bond motifs is 1. The van der Waals surface area contributed by atoms with Gasteiger partial charge in [-0.25, -0.2) is 9.18 Å². The van der Waals surface area contributed by atoms with Crippen LogP contribution in [0.15, 0.2) is 24.3 Å².